The Labute approximate surface area is 98.3 Å². The highest BCUT2D eigenvalue weighted by Gasteiger charge is 2.04. The molecule has 4 heteroatoms. The first-order valence-electron chi connectivity index (χ1n) is 4.95. The number of hydrogen-bond acceptors (Lipinski definition) is 3. The summed E-state index contributed by atoms with van der Waals surface area (Å²) in [5.41, 5.74) is 0.856. The van der Waals surface area contributed by atoms with Crippen molar-refractivity contribution in [1.82, 2.24) is 5.32 Å². The van der Waals surface area contributed by atoms with Crippen molar-refractivity contribution in [3.05, 3.63) is 28.2 Å². The highest BCUT2D eigenvalue weighted by atomic mass is 79.9. The average Bonchev–Trinajstić information content (AvgIpc) is 2.20. The molecule has 84 valence electrons. The zero-order chi connectivity index (χ0) is 11.3. The Balaban J connectivity index is 2.53. The molecule has 0 fully saturated rings. The topological polar surface area (TPSA) is 52.5 Å². The highest BCUT2D eigenvalue weighted by Crippen LogP contribution is 2.21. The monoisotopic (exact) mass is 273 g/mol. The second kappa shape index (κ2) is 6.10. The zero-order valence-corrected chi connectivity index (χ0v) is 10.3. The Hall–Kier alpha value is -0.580. The average molecular weight is 274 g/mol. The second-order valence-electron chi connectivity index (χ2n) is 3.57. The molecule has 0 aromatic heterocycles. The van der Waals surface area contributed by atoms with Gasteiger partial charge in [-0.15, -0.1) is 0 Å². The van der Waals surface area contributed by atoms with Gasteiger partial charge in [0.1, 0.15) is 5.75 Å². The molecule has 0 aliphatic carbocycles. The minimum absolute atomic E-state index is 0.179. The van der Waals surface area contributed by atoms with Crippen LogP contribution in [0.5, 0.6) is 5.75 Å². The largest absolute Gasteiger partial charge is 0.508 e. The normalized spacial score (nSPS) is 12.7. The van der Waals surface area contributed by atoms with Crippen molar-refractivity contribution in [3.8, 4) is 5.75 Å². The summed E-state index contributed by atoms with van der Waals surface area (Å²) in [5, 5.41) is 21.5. The van der Waals surface area contributed by atoms with Gasteiger partial charge in [-0.05, 0) is 31.5 Å². The van der Waals surface area contributed by atoms with E-state index in [9.17, 15) is 5.11 Å². The van der Waals surface area contributed by atoms with Crippen LogP contribution in [0.3, 0.4) is 0 Å². The minimum atomic E-state index is 0.179. The summed E-state index contributed by atoms with van der Waals surface area (Å²) in [5.74, 6) is 0.293. The first kappa shape index (κ1) is 12.5. The SMILES string of the molecule is C[C@H](CCO)NCc1cc(Br)ccc1O. The lowest BCUT2D eigenvalue weighted by molar-refractivity contribution is 0.268. The molecule has 0 aliphatic heterocycles. The fourth-order valence-corrected chi connectivity index (χ4v) is 1.68. The van der Waals surface area contributed by atoms with Gasteiger partial charge in [0.15, 0.2) is 0 Å². The first-order valence-corrected chi connectivity index (χ1v) is 5.74. The molecule has 0 aliphatic rings. The van der Waals surface area contributed by atoms with Crippen molar-refractivity contribution in [2.75, 3.05) is 6.61 Å². The molecule has 1 aromatic carbocycles. The van der Waals surface area contributed by atoms with Crippen LogP contribution >= 0.6 is 15.9 Å². The van der Waals surface area contributed by atoms with Crippen LogP contribution in [0.25, 0.3) is 0 Å². The number of phenols is 1. The van der Waals surface area contributed by atoms with Crippen molar-refractivity contribution in [2.24, 2.45) is 0 Å². The minimum Gasteiger partial charge on any atom is -0.508 e. The molecule has 0 saturated carbocycles. The summed E-state index contributed by atoms with van der Waals surface area (Å²) in [6, 6.07) is 5.59. The molecule has 1 atom stereocenters. The van der Waals surface area contributed by atoms with Gasteiger partial charge in [0.2, 0.25) is 0 Å². The molecule has 3 nitrogen and oxygen atoms in total. The Morgan fingerprint density at radius 3 is 2.87 bits per heavy atom. The smallest absolute Gasteiger partial charge is 0.120 e. The van der Waals surface area contributed by atoms with Gasteiger partial charge in [-0.1, -0.05) is 15.9 Å². The predicted octanol–water partition coefficient (Wildman–Crippen LogP) is 2.02. The number of benzene rings is 1. The van der Waals surface area contributed by atoms with Crippen molar-refractivity contribution in [2.45, 2.75) is 25.9 Å². The summed E-state index contributed by atoms with van der Waals surface area (Å²) in [6.07, 6.45) is 0.717. The molecule has 0 unspecified atom stereocenters. The third-order valence-electron chi connectivity index (χ3n) is 2.24. The summed E-state index contributed by atoms with van der Waals surface area (Å²) in [4.78, 5) is 0. The number of phenolic OH excluding ortho intramolecular Hbond substituents is 1. The number of aromatic hydroxyl groups is 1. The Kier molecular flexibility index (Phi) is 5.08. The van der Waals surface area contributed by atoms with Gasteiger partial charge in [-0.3, -0.25) is 0 Å². The number of nitrogens with one attached hydrogen (secondary N) is 1. The third-order valence-corrected chi connectivity index (χ3v) is 2.74. The number of aliphatic hydroxyl groups is 1. The van der Waals surface area contributed by atoms with E-state index >= 15 is 0 Å². The number of hydrogen-bond donors (Lipinski definition) is 3. The number of halogens is 1. The lowest BCUT2D eigenvalue weighted by Gasteiger charge is -2.13. The van der Waals surface area contributed by atoms with Gasteiger partial charge in [-0.2, -0.15) is 0 Å². The molecule has 15 heavy (non-hydrogen) atoms. The maximum Gasteiger partial charge on any atom is 0.120 e. The Bertz CT molecular complexity index is 317. The van der Waals surface area contributed by atoms with Crippen LogP contribution in [0, 0.1) is 0 Å². The van der Waals surface area contributed by atoms with Crippen molar-refractivity contribution >= 4 is 15.9 Å². The molecule has 0 radical (unpaired) electrons. The molecule has 0 saturated heterocycles. The van der Waals surface area contributed by atoms with Gasteiger partial charge < -0.3 is 15.5 Å². The van der Waals surface area contributed by atoms with Crippen molar-refractivity contribution < 1.29 is 10.2 Å². The molecular formula is C11H16BrNO2. The lowest BCUT2D eigenvalue weighted by atomic mass is 10.2. The number of aliphatic hydroxyl groups excluding tert-OH is 1. The lowest BCUT2D eigenvalue weighted by Crippen LogP contribution is -2.26. The van der Waals surface area contributed by atoms with E-state index in [0.717, 1.165) is 16.5 Å². The van der Waals surface area contributed by atoms with Crippen LogP contribution in [-0.2, 0) is 6.54 Å². The van der Waals surface area contributed by atoms with Gasteiger partial charge in [0.25, 0.3) is 0 Å². The van der Waals surface area contributed by atoms with E-state index < -0.39 is 0 Å². The van der Waals surface area contributed by atoms with Crippen LogP contribution in [0.15, 0.2) is 22.7 Å². The molecule has 0 heterocycles. The van der Waals surface area contributed by atoms with E-state index in [1.165, 1.54) is 0 Å². The van der Waals surface area contributed by atoms with E-state index in [0.29, 0.717) is 12.3 Å². The van der Waals surface area contributed by atoms with Crippen LogP contribution in [0.2, 0.25) is 0 Å². The van der Waals surface area contributed by atoms with E-state index in [4.69, 9.17) is 5.11 Å². The molecule has 0 amide bonds. The summed E-state index contributed by atoms with van der Waals surface area (Å²) >= 11 is 3.36. The Morgan fingerprint density at radius 2 is 2.20 bits per heavy atom. The summed E-state index contributed by atoms with van der Waals surface area (Å²) in [6.45, 7) is 2.79. The molecular weight excluding hydrogens is 258 g/mol. The quantitative estimate of drug-likeness (QED) is 0.770. The van der Waals surface area contributed by atoms with Gasteiger partial charge >= 0.3 is 0 Å². The van der Waals surface area contributed by atoms with E-state index in [2.05, 4.69) is 21.2 Å². The van der Waals surface area contributed by atoms with Crippen LogP contribution in [0.1, 0.15) is 18.9 Å². The van der Waals surface area contributed by atoms with E-state index in [1.807, 2.05) is 13.0 Å². The van der Waals surface area contributed by atoms with E-state index in [1.54, 1.807) is 12.1 Å². The fraction of sp³-hybridized carbons (Fsp3) is 0.455. The second-order valence-corrected chi connectivity index (χ2v) is 4.48. The third kappa shape index (κ3) is 4.20. The molecule has 0 bridgehead atoms. The van der Waals surface area contributed by atoms with Gasteiger partial charge in [0, 0.05) is 29.2 Å². The fourth-order valence-electron chi connectivity index (χ4n) is 1.28. The molecule has 1 aromatic rings. The van der Waals surface area contributed by atoms with Crippen molar-refractivity contribution in [1.29, 1.82) is 0 Å². The number of rotatable bonds is 5. The maximum absolute atomic E-state index is 9.57. The maximum atomic E-state index is 9.57. The van der Waals surface area contributed by atoms with Crippen LogP contribution < -0.4 is 5.32 Å². The molecule has 1 rings (SSSR count). The highest BCUT2D eigenvalue weighted by molar-refractivity contribution is 9.10. The standard InChI is InChI=1S/C11H16BrNO2/c1-8(4-5-14)13-7-9-6-10(12)2-3-11(9)15/h2-3,6,8,13-15H,4-5,7H2,1H3/t8-/m1/s1. The molecule has 0 spiro atoms. The van der Waals surface area contributed by atoms with Gasteiger partial charge in [-0.25, -0.2) is 0 Å². The Morgan fingerprint density at radius 1 is 1.47 bits per heavy atom. The molecule has 3 N–H and O–H groups in total. The first-order chi connectivity index (χ1) is 7.13. The summed E-state index contributed by atoms with van der Waals surface area (Å²) < 4.78 is 0.951. The van der Waals surface area contributed by atoms with Crippen LogP contribution in [0.4, 0.5) is 0 Å². The van der Waals surface area contributed by atoms with Gasteiger partial charge in [0.05, 0.1) is 0 Å². The predicted molar refractivity (Wildman–Crippen MR) is 63.8 cm³/mol. The van der Waals surface area contributed by atoms with Crippen molar-refractivity contribution in [3.63, 3.8) is 0 Å². The van der Waals surface area contributed by atoms with Crippen LogP contribution in [-0.4, -0.2) is 22.9 Å². The van der Waals surface area contributed by atoms with E-state index in [-0.39, 0.29) is 12.6 Å². The summed E-state index contributed by atoms with van der Waals surface area (Å²) in [7, 11) is 0. The zero-order valence-electron chi connectivity index (χ0n) is 8.70.